The molecule has 1 aliphatic rings. The van der Waals surface area contributed by atoms with Crippen LogP contribution >= 0.6 is 11.3 Å². The second-order valence-electron chi connectivity index (χ2n) is 6.13. The van der Waals surface area contributed by atoms with Crippen LogP contribution in [0.4, 0.5) is 11.1 Å². The minimum absolute atomic E-state index is 0.223. The van der Waals surface area contributed by atoms with Gasteiger partial charge in [-0.15, -0.1) is 5.10 Å². The minimum Gasteiger partial charge on any atom is -0.493 e. The van der Waals surface area contributed by atoms with Crippen molar-refractivity contribution in [2.75, 3.05) is 26.1 Å². The number of ether oxygens (including phenoxy) is 4. The summed E-state index contributed by atoms with van der Waals surface area (Å²) in [6, 6.07) is 11.4. The predicted octanol–water partition coefficient (Wildman–Crippen LogP) is 3.95. The summed E-state index contributed by atoms with van der Waals surface area (Å²) in [4.78, 5) is 4.53. The first-order valence-electron chi connectivity index (χ1n) is 8.75. The number of para-hydroxylation sites is 2. The number of benzene rings is 2. The maximum Gasteiger partial charge on any atom is 0.322 e. The molecule has 148 valence electrons. The fraction of sp³-hybridized carbons (Fsp3) is 0.211. The van der Waals surface area contributed by atoms with E-state index in [1.54, 1.807) is 14.2 Å². The molecule has 10 heteroatoms. The molecule has 2 aromatic heterocycles. The van der Waals surface area contributed by atoms with Gasteiger partial charge in [-0.2, -0.15) is 0 Å². The topological polar surface area (TPSA) is 101 Å². The van der Waals surface area contributed by atoms with Gasteiger partial charge in [0.25, 0.3) is 5.89 Å². The number of hydrogen-bond acceptors (Lipinski definition) is 10. The first kappa shape index (κ1) is 17.6. The second-order valence-corrected chi connectivity index (χ2v) is 7.16. The maximum atomic E-state index is 5.89. The monoisotopic (exact) mass is 412 g/mol. The Morgan fingerprint density at radius 3 is 2.69 bits per heavy atom. The minimum atomic E-state index is -0.475. The standard InChI is InChI=1S/C19H16N4O5S/c1-24-13-7-10-16(8-14(13)25-2)29-19(20-10)21-18-23-22-17(28-18)15-9-26-11-5-3-4-6-12(11)27-15/h3-8,15H,9H2,1-2H3,(H,20,21,23). The van der Waals surface area contributed by atoms with E-state index >= 15 is 0 Å². The lowest BCUT2D eigenvalue weighted by Crippen LogP contribution is -2.21. The third kappa shape index (κ3) is 3.27. The van der Waals surface area contributed by atoms with Gasteiger partial charge in [0.05, 0.1) is 24.4 Å². The number of rotatable bonds is 5. The molecule has 4 aromatic rings. The van der Waals surface area contributed by atoms with E-state index in [0.29, 0.717) is 40.6 Å². The highest BCUT2D eigenvalue weighted by molar-refractivity contribution is 7.22. The Bertz CT molecular complexity index is 1130. The van der Waals surface area contributed by atoms with Gasteiger partial charge >= 0.3 is 6.01 Å². The highest BCUT2D eigenvalue weighted by atomic mass is 32.1. The molecule has 9 nitrogen and oxygen atoms in total. The van der Waals surface area contributed by atoms with Gasteiger partial charge in [-0.1, -0.05) is 28.6 Å². The molecule has 2 aromatic carbocycles. The molecule has 0 spiro atoms. The molecule has 0 saturated carbocycles. The molecule has 0 fully saturated rings. The molecule has 3 heterocycles. The van der Waals surface area contributed by atoms with Crippen LogP contribution in [0.15, 0.2) is 40.8 Å². The highest BCUT2D eigenvalue weighted by Crippen LogP contribution is 2.38. The number of aromatic nitrogens is 3. The zero-order valence-electron chi connectivity index (χ0n) is 15.5. The van der Waals surface area contributed by atoms with E-state index < -0.39 is 6.10 Å². The lowest BCUT2D eigenvalue weighted by Gasteiger charge is -2.23. The average Bonchev–Trinajstić information content (AvgIpc) is 3.38. The summed E-state index contributed by atoms with van der Waals surface area (Å²) in [7, 11) is 3.18. The Hall–Kier alpha value is -3.53. The van der Waals surface area contributed by atoms with Crippen LogP contribution in [0, 0.1) is 0 Å². The van der Waals surface area contributed by atoms with E-state index in [-0.39, 0.29) is 6.01 Å². The van der Waals surface area contributed by atoms with Gasteiger partial charge < -0.3 is 23.4 Å². The predicted molar refractivity (Wildman–Crippen MR) is 106 cm³/mol. The molecule has 5 rings (SSSR count). The molecular weight excluding hydrogens is 396 g/mol. The molecule has 1 aliphatic heterocycles. The first-order valence-corrected chi connectivity index (χ1v) is 9.56. The van der Waals surface area contributed by atoms with Crippen LogP contribution in [0.25, 0.3) is 10.2 Å². The average molecular weight is 412 g/mol. The van der Waals surface area contributed by atoms with Crippen molar-refractivity contribution in [1.29, 1.82) is 0 Å². The van der Waals surface area contributed by atoms with Gasteiger partial charge in [0.2, 0.25) is 6.10 Å². The molecule has 0 radical (unpaired) electrons. The van der Waals surface area contributed by atoms with Crippen molar-refractivity contribution in [3.8, 4) is 23.0 Å². The maximum absolute atomic E-state index is 5.89. The lowest BCUT2D eigenvalue weighted by molar-refractivity contribution is 0.0718. The summed E-state index contributed by atoms with van der Waals surface area (Å²) >= 11 is 1.43. The molecule has 0 saturated heterocycles. The number of fused-ring (bicyclic) bond motifs is 2. The van der Waals surface area contributed by atoms with Crippen molar-refractivity contribution in [3.63, 3.8) is 0 Å². The van der Waals surface area contributed by atoms with Gasteiger partial charge in [0, 0.05) is 12.1 Å². The molecule has 1 unspecified atom stereocenters. The van der Waals surface area contributed by atoms with Crippen LogP contribution < -0.4 is 24.3 Å². The Kier molecular flexibility index (Phi) is 4.32. The normalized spacial score (nSPS) is 15.3. The molecule has 29 heavy (non-hydrogen) atoms. The van der Waals surface area contributed by atoms with Crippen molar-refractivity contribution in [2.24, 2.45) is 0 Å². The van der Waals surface area contributed by atoms with E-state index in [9.17, 15) is 0 Å². The van der Waals surface area contributed by atoms with Gasteiger partial charge in [0.1, 0.15) is 6.61 Å². The van der Waals surface area contributed by atoms with E-state index in [1.807, 2.05) is 36.4 Å². The van der Waals surface area contributed by atoms with E-state index in [2.05, 4.69) is 20.5 Å². The SMILES string of the molecule is COc1cc2nc(Nc3nnc(C4COc5ccccc5O4)o3)sc2cc1OC. The summed E-state index contributed by atoms with van der Waals surface area (Å²) in [5, 5.41) is 11.7. The number of hydrogen-bond donors (Lipinski definition) is 1. The number of anilines is 2. The molecule has 0 aliphatic carbocycles. The van der Waals surface area contributed by atoms with Crippen LogP contribution in [0.5, 0.6) is 23.0 Å². The summed E-state index contributed by atoms with van der Waals surface area (Å²) < 4.78 is 28.9. The molecular formula is C19H16N4O5S. The molecule has 0 amide bonds. The second kappa shape index (κ2) is 7.13. The number of nitrogens with one attached hydrogen (secondary N) is 1. The molecule has 1 atom stereocenters. The number of thiazole rings is 1. The van der Waals surface area contributed by atoms with Crippen molar-refractivity contribution in [2.45, 2.75) is 6.10 Å². The summed E-state index contributed by atoms with van der Waals surface area (Å²) in [6.07, 6.45) is -0.475. The largest absolute Gasteiger partial charge is 0.493 e. The summed E-state index contributed by atoms with van der Waals surface area (Å²) in [5.74, 6) is 2.93. The van der Waals surface area contributed by atoms with E-state index in [1.165, 1.54) is 11.3 Å². The van der Waals surface area contributed by atoms with Crippen molar-refractivity contribution < 1.29 is 23.4 Å². The Balaban J connectivity index is 1.35. The van der Waals surface area contributed by atoms with Gasteiger partial charge in [0.15, 0.2) is 28.1 Å². The molecule has 1 N–H and O–H groups in total. The third-order valence-corrected chi connectivity index (χ3v) is 5.27. The quantitative estimate of drug-likeness (QED) is 0.522. The fourth-order valence-corrected chi connectivity index (χ4v) is 3.82. The Morgan fingerprint density at radius 2 is 1.86 bits per heavy atom. The first-order chi connectivity index (χ1) is 14.2. The van der Waals surface area contributed by atoms with Gasteiger partial charge in [-0.05, 0) is 12.1 Å². The van der Waals surface area contributed by atoms with Gasteiger partial charge in [-0.25, -0.2) is 4.98 Å². The van der Waals surface area contributed by atoms with Crippen LogP contribution in [0.1, 0.15) is 12.0 Å². The number of nitrogens with zero attached hydrogens (tertiary/aromatic N) is 3. The summed E-state index contributed by atoms with van der Waals surface area (Å²) in [5.41, 5.74) is 0.774. The van der Waals surface area contributed by atoms with Crippen LogP contribution in [0.2, 0.25) is 0 Å². The van der Waals surface area contributed by atoms with E-state index in [0.717, 1.165) is 10.2 Å². The van der Waals surface area contributed by atoms with Crippen LogP contribution in [-0.4, -0.2) is 36.0 Å². The van der Waals surface area contributed by atoms with Crippen molar-refractivity contribution in [1.82, 2.24) is 15.2 Å². The van der Waals surface area contributed by atoms with Crippen LogP contribution in [-0.2, 0) is 0 Å². The molecule has 0 bridgehead atoms. The summed E-state index contributed by atoms with van der Waals surface area (Å²) in [6.45, 7) is 0.291. The zero-order chi connectivity index (χ0) is 19.8. The third-order valence-electron chi connectivity index (χ3n) is 4.33. The lowest BCUT2D eigenvalue weighted by atomic mass is 10.2. The van der Waals surface area contributed by atoms with Crippen molar-refractivity contribution in [3.05, 3.63) is 42.3 Å². The van der Waals surface area contributed by atoms with Crippen LogP contribution in [0.3, 0.4) is 0 Å². The highest BCUT2D eigenvalue weighted by Gasteiger charge is 2.27. The Morgan fingerprint density at radius 1 is 1.07 bits per heavy atom. The van der Waals surface area contributed by atoms with Crippen molar-refractivity contribution >= 4 is 32.7 Å². The van der Waals surface area contributed by atoms with E-state index in [4.69, 9.17) is 23.4 Å². The fourth-order valence-electron chi connectivity index (χ4n) is 2.96. The zero-order valence-corrected chi connectivity index (χ0v) is 16.4. The van der Waals surface area contributed by atoms with Gasteiger partial charge in [-0.3, -0.25) is 5.32 Å². The smallest absolute Gasteiger partial charge is 0.322 e. The Labute approximate surface area is 169 Å². The number of methoxy groups -OCH3 is 2.